The Morgan fingerprint density at radius 2 is 2.15 bits per heavy atom. The number of unbranched alkanes of at least 4 members (excludes halogenated alkanes) is 1. The smallest absolute Gasteiger partial charge is 0.303 e. The molecule has 3 nitrogen and oxygen atoms in total. The van der Waals surface area contributed by atoms with Crippen molar-refractivity contribution in [2.24, 2.45) is 0 Å². The molecule has 1 saturated heterocycles. The van der Waals surface area contributed by atoms with Crippen LogP contribution in [0, 0.1) is 0 Å². The average molecular weight is 296 g/mol. The number of carboxylic acid groups (broad SMARTS) is 1. The van der Waals surface area contributed by atoms with Gasteiger partial charge in [-0.1, -0.05) is 29.8 Å². The lowest BCUT2D eigenvalue weighted by molar-refractivity contribution is -0.137. The van der Waals surface area contributed by atoms with E-state index in [1.54, 1.807) is 0 Å². The van der Waals surface area contributed by atoms with Crippen LogP contribution in [0.25, 0.3) is 0 Å². The molecule has 0 spiro atoms. The molecule has 1 aromatic carbocycles. The predicted molar refractivity (Wildman–Crippen MR) is 81.2 cm³/mol. The molecule has 4 heteroatoms. The van der Waals surface area contributed by atoms with Crippen LogP contribution in [0.5, 0.6) is 0 Å². The molecule has 0 bridgehead atoms. The van der Waals surface area contributed by atoms with E-state index in [1.165, 1.54) is 18.4 Å². The van der Waals surface area contributed by atoms with E-state index in [0.29, 0.717) is 6.04 Å². The molecule has 1 aromatic rings. The van der Waals surface area contributed by atoms with Gasteiger partial charge in [0.25, 0.3) is 0 Å². The number of carboxylic acids is 1. The second-order valence-electron chi connectivity index (χ2n) is 5.48. The molecule has 20 heavy (non-hydrogen) atoms. The number of rotatable bonds is 7. The van der Waals surface area contributed by atoms with Gasteiger partial charge in [-0.15, -0.1) is 0 Å². The Hall–Kier alpha value is -1.06. The molecule has 0 saturated carbocycles. The van der Waals surface area contributed by atoms with Crippen molar-refractivity contribution >= 4 is 17.6 Å². The van der Waals surface area contributed by atoms with Crippen LogP contribution in [-0.4, -0.2) is 35.1 Å². The summed E-state index contributed by atoms with van der Waals surface area (Å²) in [5.74, 6) is -0.695. The van der Waals surface area contributed by atoms with E-state index in [-0.39, 0.29) is 6.42 Å². The Morgan fingerprint density at radius 3 is 2.90 bits per heavy atom. The summed E-state index contributed by atoms with van der Waals surface area (Å²) in [5, 5.41) is 9.51. The molecule has 1 aliphatic rings. The van der Waals surface area contributed by atoms with Gasteiger partial charge in [-0.05, 0) is 56.8 Å². The Kier molecular flexibility index (Phi) is 5.86. The lowest BCUT2D eigenvalue weighted by Crippen LogP contribution is -2.32. The van der Waals surface area contributed by atoms with Gasteiger partial charge in [0.15, 0.2) is 0 Å². The summed E-state index contributed by atoms with van der Waals surface area (Å²) in [7, 11) is 0. The Labute approximate surface area is 125 Å². The maximum atomic E-state index is 10.5. The lowest BCUT2D eigenvalue weighted by Gasteiger charge is -2.24. The summed E-state index contributed by atoms with van der Waals surface area (Å²) in [6.45, 7) is 2.13. The molecule has 1 unspecified atom stereocenters. The molecule has 2 rings (SSSR count). The standard InChI is InChI=1S/C16H22ClNO2/c17-15-8-2-1-6-13(15)12-14-7-5-11-18(14)10-4-3-9-16(19)20/h1-2,6,8,14H,3-5,7,9-12H2,(H,19,20). The van der Waals surface area contributed by atoms with Crippen molar-refractivity contribution in [2.75, 3.05) is 13.1 Å². The topological polar surface area (TPSA) is 40.5 Å². The number of hydrogen-bond acceptors (Lipinski definition) is 2. The highest BCUT2D eigenvalue weighted by molar-refractivity contribution is 6.31. The summed E-state index contributed by atoms with van der Waals surface area (Å²) in [6, 6.07) is 8.60. The number of likely N-dealkylation sites (tertiary alicyclic amines) is 1. The lowest BCUT2D eigenvalue weighted by atomic mass is 10.0. The van der Waals surface area contributed by atoms with Crippen molar-refractivity contribution in [1.82, 2.24) is 4.90 Å². The van der Waals surface area contributed by atoms with Crippen LogP contribution in [0.2, 0.25) is 5.02 Å². The Bertz CT molecular complexity index is 450. The summed E-state index contributed by atoms with van der Waals surface area (Å²) in [6.07, 6.45) is 5.45. The van der Waals surface area contributed by atoms with Crippen molar-refractivity contribution in [3.63, 3.8) is 0 Å². The third kappa shape index (κ3) is 4.50. The fraction of sp³-hybridized carbons (Fsp3) is 0.562. The molecule has 1 fully saturated rings. The summed E-state index contributed by atoms with van der Waals surface area (Å²) < 4.78 is 0. The Balaban J connectivity index is 1.81. The molecule has 0 amide bonds. The number of hydrogen-bond donors (Lipinski definition) is 1. The minimum Gasteiger partial charge on any atom is -0.481 e. The molecule has 1 heterocycles. The molecule has 1 N–H and O–H groups in total. The second-order valence-corrected chi connectivity index (χ2v) is 5.89. The van der Waals surface area contributed by atoms with Gasteiger partial charge in [0.1, 0.15) is 0 Å². The molecule has 110 valence electrons. The van der Waals surface area contributed by atoms with Crippen molar-refractivity contribution in [3.05, 3.63) is 34.9 Å². The molecule has 0 aromatic heterocycles. The van der Waals surface area contributed by atoms with Crippen LogP contribution in [0.1, 0.15) is 37.7 Å². The molecular weight excluding hydrogens is 274 g/mol. The van der Waals surface area contributed by atoms with Crippen LogP contribution < -0.4 is 0 Å². The van der Waals surface area contributed by atoms with Crippen LogP contribution in [0.3, 0.4) is 0 Å². The zero-order valence-electron chi connectivity index (χ0n) is 11.7. The first-order chi connectivity index (χ1) is 9.66. The SMILES string of the molecule is O=C(O)CCCCN1CCCC1Cc1ccccc1Cl. The third-order valence-electron chi connectivity index (χ3n) is 4.00. The summed E-state index contributed by atoms with van der Waals surface area (Å²) >= 11 is 6.23. The summed E-state index contributed by atoms with van der Waals surface area (Å²) in [5.41, 5.74) is 1.22. The second kappa shape index (κ2) is 7.65. The zero-order valence-corrected chi connectivity index (χ0v) is 12.5. The Morgan fingerprint density at radius 1 is 1.35 bits per heavy atom. The van der Waals surface area contributed by atoms with E-state index in [9.17, 15) is 4.79 Å². The molecule has 1 aliphatic heterocycles. The highest BCUT2D eigenvalue weighted by atomic mass is 35.5. The molecular formula is C16H22ClNO2. The van der Waals surface area contributed by atoms with Gasteiger partial charge in [-0.3, -0.25) is 4.79 Å². The monoisotopic (exact) mass is 295 g/mol. The molecule has 0 aliphatic carbocycles. The van der Waals surface area contributed by atoms with Crippen LogP contribution in [0.15, 0.2) is 24.3 Å². The largest absolute Gasteiger partial charge is 0.481 e. The van der Waals surface area contributed by atoms with Crippen LogP contribution >= 0.6 is 11.6 Å². The van der Waals surface area contributed by atoms with E-state index in [1.807, 2.05) is 18.2 Å². The number of benzene rings is 1. The third-order valence-corrected chi connectivity index (χ3v) is 4.37. The average Bonchev–Trinajstić information content (AvgIpc) is 2.85. The minimum atomic E-state index is -0.695. The first kappa shape index (κ1) is 15.3. The molecule has 0 radical (unpaired) electrons. The van der Waals surface area contributed by atoms with Crippen molar-refractivity contribution < 1.29 is 9.90 Å². The maximum absolute atomic E-state index is 10.5. The number of halogens is 1. The number of carbonyl (C=O) groups is 1. The van der Waals surface area contributed by atoms with Crippen LogP contribution in [-0.2, 0) is 11.2 Å². The van der Waals surface area contributed by atoms with Gasteiger partial charge in [-0.2, -0.15) is 0 Å². The van der Waals surface area contributed by atoms with Gasteiger partial charge in [0.2, 0.25) is 0 Å². The van der Waals surface area contributed by atoms with E-state index >= 15 is 0 Å². The normalized spacial score (nSPS) is 19.4. The van der Waals surface area contributed by atoms with Crippen molar-refractivity contribution in [2.45, 2.75) is 44.6 Å². The van der Waals surface area contributed by atoms with Gasteiger partial charge >= 0.3 is 5.97 Å². The fourth-order valence-electron chi connectivity index (χ4n) is 2.93. The predicted octanol–water partition coefficient (Wildman–Crippen LogP) is 3.60. The molecule has 1 atom stereocenters. The van der Waals surface area contributed by atoms with Gasteiger partial charge in [0, 0.05) is 17.5 Å². The van der Waals surface area contributed by atoms with Crippen molar-refractivity contribution in [3.8, 4) is 0 Å². The fourth-order valence-corrected chi connectivity index (χ4v) is 3.14. The quantitative estimate of drug-likeness (QED) is 0.781. The van der Waals surface area contributed by atoms with Crippen LogP contribution in [0.4, 0.5) is 0 Å². The van der Waals surface area contributed by atoms with E-state index < -0.39 is 5.97 Å². The number of nitrogens with zero attached hydrogens (tertiary/aromatic N) is 1. The van der Waals surface area contributed by atoms with Gasteiger partial charge < -0.3 is 10.0 Å². The van der Waals surface area contributed by atoms with Gasteiger partial charge in [0.05, 0.1) is 0 Å². The highest BCUT2D eigenvalue weighted by Gasteiger charge is 2.24. The highest BCUT2D eigenvalue weighted by Crippen LogP contribution is 2.25. The first-order valence-electron chi connectivity index (χ1n) is 7.36. The van der Waals surface area contributed by atoms with Crippen molar-refractivity contribution in [1.29, 1.82) is 0 Å². The minimum absolute atomic E-state index is 0.281. The summed E-state index contributed by atoms with van der Waals surface area (Å²) in [4.78, 5) is 13.0. The zero-order chi connectivity index (χ0) is 14.4. The number of aliphatic carboxylic acids is 1. The van der Waals surface area contributed by atoms with E-state index in [0.717, 1.165) is 37.4 Å². The maximum Gasteiger partial charge on any atom is 0.303 e. The van der Waals surface area contributed by atoms with Gasteiger partial charge in [-0.25, -0.2) is 0 Å². The van der Waals surface area contributed by atoms with E-state index in [2.05, 4.69) is 11.0 Å². The first-order valence-corrected chi connectivity index (χ1v) is 7.74. The van der Waals surface area contributed by atoms with E-state index in [4.69, 9.17) is 16.7 Å².